The second kappa shape index (κ2) is 5.41. The second-order valence-corrected chi connectivity index (χ2v) is 2.55. The van der Waals surface area contributed by atoms with Gasteiger partial charge in [0.1, 0.15) is 18.4 Å². The van der Waals surface area contributed by atoms with Crippen molar-refractivity contribution in [2.45, 2.75) is 31.0 Å². The van der Waals surface area contributed by atoms with Crippen molar-refractivity contribution in [3.05, 3.63) is 0 Å². The summed E-state index contributed by atoms with van der Waals surface area (Å²) in [7, 11) is 0. The zero-order valence-electron chi connectivity index (χ0n) is 6.54. The zero-order valence-corrected chi connectivity index (χ0v) is 6.54. The maximum absolute atomic E-state index is 9.04. The number of hydrogen-bond donors (Lipinski definition) is 6. The topological polar surface area (TPSA) is 127 Å². The van der Waals surface area contributed by atoms with Crippen molar-refractivity contribution >= 4 is 0 Å². The first-order valence-corrected chi connectivity index (χ1v) is 3.59. The van der Waals surface area contributed by atoms with Gasteiger partial charge in [-0.25, -0.2) is 0 Å². The molecule has 4 atom stereocenters. The Morgan fingerprint density at radius 3 is 1.83 bits per heavy atom. The average Bonchev–Trinajstić information content (AvgIpc) is 2.02. The highest BCUT2D eigenvalue weighted by Crippen LogP contribution is 2.04. The minimum atomic E-state index is -1.61. The van der Waals surface area contributed by atoms with Crippen LogP contribution < -0.4 is 5.73 Å². The molecule has 0 aromatic rings. The van der Waals surface area contributed by atoms with Gasteiger partial charge >= 0.3 is 0 Å². The van der Waals surface area contributed by atoms with E-state index in [9.17, 15) is 0 Å². The summed E-state index contributed by atoms with van der Waals surface area (Å²) in [5.41, 5.74) is 4.84. The lowest BCUT2D eigenvalue weighted by molar-refractivity contribution is -0.106. The molecule has 6 heteroatoms. The van der Waals surface area contributed by atoms with E-state index in [0.29, 0.717) is 0 Å². The van der Waals surface area contributed by atoms with E-state index in [1.165, 1.54) is 0 Å². The highest BCUT2D eigenvalue weighted by atomic mass is 16.4. The molecular weight excluding hydrogens is 166 g/mol. The Labute approximate surface area is 69.9 Å². The maximum atomic E-state index is 9.04. The number of aliphatic hydroxyl groups excluding tert-OH is 5. The third-order valence-electron chi connectivity index (χ3n) is 1.52. The van der Waals surface area contributed by atoms with Gasteiger partial charge in [-0.2, -0.15) is 0 Å². The Hall–Kier alpha value is -0.240. The lowest BCUT2D eigenvalue weighted by atomic mass is 10.0. The van der Waals surface area contributed by atoms with Crippen molar-refractivity contribution in [1.82, 2.24) is 0 Å². The van der Waals surface area contributed by atoms with E-state index in [-0.39, 0.29) is 13.0 Å². The molecule has 74 valence electrons. The van der Waals surface area contributed by atoms with Gasteiger partial charge in [0.25, 0.3) is 0 Å². The minimum absolute atomic E-state index is 0.0784. The van der Waals surface area contributed by atoms with Gasteiger partial charge < -0.3 is 31.3 Å². The molecule has 0 heterocycles. The molecule has 0 aliphatic carbocycles. The Bertz CT molecular complexity index is 121. The molecule has 4 unspecified atom stereocenters. The predicted octanol–water partition coefficient (Wildman–Crippen LogP) is -3.27. The molecule has 0 rings (SSSR count). The largest absolute Gasteiger partial charge is 0.396 e. The van der Waals surface area contributed by atoms with Crippen LogP contribution in [0.15, 0.2) is 0 Å². The first-order chi connectivity index (χ1) is 5.50. The van der Waals surface area contributed by atoms with Gasteiger partial charge in [-0.1, -0.05) is 0 Å². The molecule has 0 amide bonds. The molecule has 0 saturated heterocycles. The Balaban J connectivity index is 3.90. The van der Waals surface area contributed by atoms with Gasteiger partial charge in [-0.3, -0.25) is 0 Å². The molecule has 0 fully saturated rings. The maximum Gasteiger partial charge on any atom is 0.131 e. The molecule has 0 aromatic carbocycles. The third-order valence-corrected chi connectivity index (χ3v) is 1.52. The number of hydrogen-bond acceptors (Lipinski definition) is 6. The summed E-state index contributed by atoms with van der Waals surface area (Å²) in [5.74, 6) is 0. The van der Waals surface area contributed by atoms with E-state index < -0.39 is 24.5 Å². The van der Waals surface area contributed by atoms with Gasteiger partial charge in [-0.15, -0.1) is 0 Å². The van der Waals surface area contributed by atoms with Crippen LogP contribution in [0.4, 0.5) is 0 Å². The molecule has 7 N–H and O–H groups in total. The van der Waals surface area contributed by atoms with Gasteiger partial charge in [-0.05, 0) is 6.42 Å². The Morgan fingerprint density at radius 2 is 1.50 bits per heavy atom. The summed E-state index contributed by atoms with van der Waals surface area (Å²) in [6.45, 7) is -0.314. The van der Waals surface area contributed by atoms with Crippen molar-refractivity contribution in [1.29, 1.82) is 0 Å². The van der Waals surface area contributed by atoms with Crippen molar-refractivity contribution in [3.63, 3.8) is 0 Å². The van der Waals surface area contributed by atoms with Crippen LogP contribution in [-0.2, 0) is 0 Å². The second-order valence-electron chi connectivity index (χ2n) is 2.55. The van der Waals surface area contributed by atoms with Crippen molar-refractivity contribution in [3.8, 4) is 0 Å². The fourth-order valence-corrected chi connectivity index (χ4v) is 0.733. The number of rotatable bonds is 5. The number of aliphatic hydroxyl groups is 5. The Morgan fingerprint density at radius 1 is 1.00 bits per heavy atom. The molecule has 6 nitrogen and oxygen atoms in total. The van der Waals surface area contributed by atoms with Crippen LogP contribution in [0, 0.1) is 0 Å². The lowest BCUT2D eigenvalue weighted by Crippen LogP contribution is -2.48. The normalized spacial score (nSPS) is 21.5. The van der Waals surface area contributed by atoms with Crippen LogP contribution >= 0.6 is 0 Å². The SMILES string of the molecule is NC(O)C(O)C(O)C(O)CCO. The van der Waals surface area contributed by atoms with Crippen molar-refractivity contribution in [2.75, 3.05) is 6.61 Å². The molecule has 0 spiro atoms. The van der Waals surface area contributed by atoms with E-state index in [0.717, 1.165) is 0 Å². The first kappa shape index (κ1) is 11.8. The molecule has 0 aliphatic rings. The van der Waals surface area contributed by atoms with Crippen molar-refractivity contribution in [2.24, 2.45) is 5.73 Å². The third kappa shape index (κ3) is 3.44. The van der Waals surface area contributed by atoms with E-state index in [2.05, 4.69) is 0 Å². The fraction of sp³-hybridized carbons (Fsp3) is 1.00. The average molecular weight is 181 g/mol. The van der Waals surface area contributed by atoms with Crippen LogP contribution in [0.25, 0.3) is 0 Å². The van der Waals surface area contributed by atoms with E-state index in [4.69, 9.17) is 31.3 Å². The monoisotopic (exact) mass is 181 g/mol. The fourth-order valence-electron chi connectivity index (χ4n) is 0.733. The van der Waals surface area contributed by atoms with Crippen LogP contribution in [0.1, 0.15) is 6.42 Å². The molecule has 0 bridgehead atoms. The summed E-state index contributed by atoms with van der Waals surface area (Å²) < 4.78 is 0. The lowest BCUT2D eigenvalue weighted by Gasteiger charge is -2.23. The van der Waals surface area contributed by atoms with Gasteiger partial charge in [0, 0.05) is 6.61 Å². The van der Waals surface area contributed by atoms with Gasteiger partial charge in [0.05, 0.1) is 6.10 Å². The Kier molecular flexibility index (Phi) is 5.31. The highest BCUT2D eigenvalue weighted by molar-refractivity contribution is 4.77. The summed E-state index contributed by atoms with van der Waals surface area (Å²) in [6, 6.07) is 0. The number of nitrogens with two attached hydrogens (primary N) is 1. The van der Waals surface area contributed by atoms with Crippen LogP contribution in [0.5, 0.6) is 0 Å². The predicted molar refractivity (Wildman–Crippen MR) is 39.9 cm³/mol. The standard InChI is InChI=1S/C6H15NO5/c7-6(12)5(11)4(10)3(9)1-2-8/h3-6,8-12H,1-2,7H2. The summed E-state index contributed by atoms with van der Waals surface area (Å²) in [6.07, 6.45) is -6.12. The molecular formula is C6H15NO5. The molecule has 12 heavy (non-hydrogen) atoms. The molecule has 0 aliphatic heterocycles. The zero-order chi connectivity index (χ0) is 9.72. The first-order valence-electron chi connectivity index (χ1n) is 3.59. The summed E-state index contributed by atoms with van der Waals surface area (Å²) >= 11 is 0. The van der Waals surface area contributed by atoms with Crippen LogP contribution in [-0.4, -0.2) is 56.7 Å². The van der Waals surface area contributed by atoms with Gasteiger partial charge in [0.15, 0.2) is 0 Å². The van der Waals surface area contributed by atoms with Crippen LogP contribution in [0.3, 0.4) is 0 Å². The molecule has 0 radical (unpaired) electrons. The molecule has 0 saturated carbocycles. The van der Waals surface area contributed by atoms with Crippen LogP contribution in [0.2, 0.25) is 0 Å². The quantitative estimate of drug-likeness (QED) is 0.247. The van der Waals surface area contributed by atoms with Crippen molar-refractivity contribution < 1.29 is 25.5 Å². The van der Waals surface area contributed by atoms with E-state index in [1.807, 2.05) is 0 Å². The summed E-state index contributed by atoms with van der Waals surface area (Å²) in [5, 5.41) is 43.9. The highest BCUT2D eigenvalue weighted by Gasteiger charge is 2.27. The minimum Gasteiger partial charge on any atom is -0.396 e. The molecule has 0 aromatic heterocycles. The van der Waals surface area contributed by atoms with Gasteiger partial charge in [0.2, 0.25) is 0 Å². The smallest absolute Gasteiger partial charge is 0.131 e. The van der Waals surface area contributed by atoms with E-state index in [1.54, 1.807) is 0 Å². The van der Waals surface area contributed by atoms with E-state index >= 15 is 0 Å². The summed E-state index contributed by atoms with van der Waals surface area (Å²) in [4.78, 5) is 0.